The molecule has 3 nitrogen and oxygen atoms in total. The predicted molar refractivity (Wildman–Crippen MR) is 84.2 cm³/mol. The Balaban J connectivity index is 2.50. The molecule has 1 unspecified atom stereocenters. The van der Waals surface area contributed by atoms with E-state index in [1.165, 1.54) is 6.07 Å². The van der Waals surface area contributed by atoms with Gasteiger partial charge >= 0.3 is 0 Å². The minimum absolute atomic E-state index is 0.0860. The van der Waals surface area contributed by atoms with Gasteiger partial charge in [0, 0.05) is 6.54 Å². The highest BCUT2D eigenvalue weighted by Gasteiger charge is 2.22. The zero-order valence-corrected chi connectivity index (χ0v) is 13.4. The molecule has 1 N–H and O–H groups in total. The molecule has 114 valence electrons. The van der Waals surface area contributed by atoms with Crippen molar-refractivity contribution in [3.8, 4) is 0 Å². The van der Waals surface area contributed by atoms with Crippen molar-refractivity contribution in [1.29, 1.82) is 0 Å². The standard InChI is InChI=1S/C16H21ClFN3/c1-4-8-21-16(14(17)10-20-21)15(19-5-2)13-7-6-12(18)9-11(13)3/h6-7,9-10,15,19H,4-5,8H2,1-3H3. The van der Waals surface area contributed by atoms with E-state index in [9.17, 15) is 4.39 Å². The number of benzene rings is 1. The van der Waals surface area contributed by atoms with Crippen molar-refractivity contribution in [2.45, 2.75) is 39.8 Å². The molecule has 0 fully saturated rings. The maximum Gasteiger partial charge on any atom is 0.123 e. The van der Waals surface area contributed by atoms with Gasteiger partial charge in [-0.25, -0.2) is 4.39 Å². The molecule has 0 aliphatic heterocycles. The van der Waals surface area contributed by atoms with E-state index in [1.54, 1.807) is 12.3 Å². The van der Waals surface area contributed by atoms with Gasteiger partial charge in [-0.3, -0.25) is 4.68 Å². The van der Waals surface area contributed by atoms with E-state index in [0.29, 0.717) is 5.02 Å². The van der Waals surface area contributed by atoms with E-state index in [-0.39, 0.29) is 11.9 Å². The molecular formula is C16H21ClFN3. The molecule has 0 aliphatic carbocycles. The van der Waals surface area contributed by atoms with Gasteiger partial charge in [-0.2, -0.15) is 5.10 Å². The summed E-state index contributed by atoms with van der Waals surface area (Å²) in [6.45, 7) is 7.65. The SMILES string of the molecule is CCCn1ncc(Cl)c1C(NCC)c1ccc(F)cc1C. The van der Waals surface area contributed by atoms with Crippen LogP contribution in [0, 0.1) is 12.7 Å². The molecule has 0 spiro atoms. The lowest BCUT2D eigenvalue weighted by atomic mass is 9.98. The highest BCUT2D eigenvalue weighted by molar-refractivity contribution is 6.31. The maximum atomic E-state index is 13.4. The number of nitrogens with zero attached hydrogens (tertiary/aromatic N) is 2. The summed E-state index contributed by atoms with van der Waals surface area (Å²) in [7, 11) is 0. The van der Waals surface area contributed by atoms with E-state index in [2.05, 4.69) is 17.3 Å². The number of nitrogens with one attached hydrogen (secondary N) is 1. The van der Waals surface area contributed by atoms with Gasteiger partial charge in [0.2, 0.25) is 0 Å². The summed E-state index contributed by atoms with van der Waals surface area (Å²) in [5.41, 5.74) is 2.87. The highest BCUT2D eigenvalue weighted by atomic mass is 35.5. The van der Waals surface area contributed by atoms with Crippen molar-refractivity contribution in [3.05, 3.63) is 52.1 Å². The van der Waals surface area contributed by atoms with Gasteiger partial charge in [0.25, 0.3) is 0 Å². The summed E-state index contributed by atoms with van der Waals surface area (Å²) in [6, 6.07) is 4.77. The third-order valence-corrected chi connectivity index (χ3v) is 3.78. The van der Waals surface area contributed by atoms with Gasteiger partial charge < -0.3 is 5.32 Å². The second-order valence-corrected chi connectivity index (χ2v) is 5.50. The first-order valence-electron chi connectivity index (χ1n) is 7.29. The summed E-state index contributed by atoms with van der Waals surface area (Å²) in [6.07, 6.45) is 2.65. The number of hydrogen-bond acceptors (Lipinski definition) is 2. The summed E-state index contributed by atoms with van der Waals surface area (Å²) in [5.74, 6) is -0.223. The predicted octanol–water partition coefficient (Wildman–Crippen LogP) is 4.09. The molecule has 2 rings (SSSR count). The first kappa shape index (κ1) is 16.0. The molecular weight excluding hydrogens is 289 g/mol. The monoisotopic (exact) mass is 309 g/mol. The Hall–Kier alpha value is -1.39. The number of aryl methyl sites for hydroxylation is 2. The fraction of sp³-hybridized carbons (Fsp3) is 0.438. The summed E-state index contributed by atoms with van der Waals surface area (Å²) in [5, 5.41) is 8.42. The van der Waals surface area contributed by atoms with Crippen molar-refractivity contribution in [2.24, 2.45) is 0 Å². The molecule has 0 saturated heterocycles. The van der Waals surface area contributed by atoms with Crippen LogP contribution >= 0.6 is 11.6 Å². The Morgan fingerprint density at radius 1 is 1.38 bits per heavy atom. The maximum absolute atomic E-state index is 13.4. The normalized spacial score (nSPS) is 12.6. The molecule has 0 amide bonds. The van der Waals surface area contributed by atoms with Crippen molar-refractivity contribution < 1.29 is 4.39 Å². The van der Waals surface area contributed by atoms with E-state index in [0.717, 1.165) is 36.3 Å². The number of aromatic nitrogens is 2. The van der Waals surface area contributed by atoms with Crippen LogP contribution in [-0.4, -0.2) is 16.3 Å². The van der Waals surface area contributed by atoms with Gasteiger partial charge in [-0.15, -0.1) is 0 Å². The molecule has 0 saturated carbocycles. The summed E-state index contributed by atoms with van der Waals surface area (Å²) in [4.78, 5) is 0. The number of halogens is 2. The zero-order chi connectivity index (χ0) is 15.4. The largest absolute Gasteiger partial charge is 0.305 e. The molecule has 2 aromatic rings. The Labute approximate surface area is 130 Å². The first-order valence-corrected chi connectivity index (χ1v) is 7.66. The molecule has 1 aromatic heterocycles. The Morgan fingerprint density at radius 3 is 2.76 bits per heavy atom. The molecule has 0 bridgehead atoms. The molecule has 0 aliphatic rings. The molecule has 0 radical (unpaired) electrons. The van der Waals surface area contributed by atoms with Crippen LogP contribution in [0.25, 0.3) is 0 Å². The van der Waals surface area contributed by atoms with Gasteiger partial charge in [-0.1, -0.05) is 31.5 Å². The summed E-state index contributed by atoms with van der Waals surface area (Å²) >= 11 is 6.35. The van der Waals surface area contributed by atoms with E-state index in [4.69, 9.17) is 11.6 Å². The van der Waals surface area contributed by atoms with Crippen LogP contribution in [0.4, 0.5) is 4.39 Å². The second kappa shape index (κ2) is 7.05. The average molecular weight is 310 g/mol. The zero-order valence-electron chi connectivity index (χ0n) is 12.7. The molecule has 21 heavy (non-hydrogen) atoms. The second-order valence-electron chi connectivity index (χ2n) is 5.09. The van der Waals surface area contributed by atoms with Gasteiger partial charge in [-0.05, 0) is 43.1 Å². The van der Waals surface area contributed by atoms with Crippen molar-refractivity contribution in [3.63, 3.8) is 0 Å². The lowest BCUT2D eigenvalue weighted by Gasteiger charge is -2.22. The topological polar surface area (TPSA) is 29.9 Å². The quantitative estimate of drug-likeness (QED) is 0.871. The minimum Gasteiger partial charge on any atom is -0.305 e. The lowest BCUT2D eigenvalue weighted by Crippen LogP contribution is -2.26. The van der Waals surface area contributed by atoms with Crippen LogP contribution in [-0.2, 0) is 6.54 Å². The van der Waals surface area contributed by atoms with Crippen molar-refractivity contribution in [2.75, 3.05) is 6.54 Å². The first-order chi connectivity index (χ1) is 10.1. The van der Waals surface area contributed by atoms with Crippen LogP contribution < -0.4 is 5.32 Å². The van der Waals surface area contributed by atoms with E-state index in [1.807, 2.05) is 24.6 Å². The van der Waals surface area contributed by atoms with E-state index < -0.39 is 0 Å². The molecule has 1 heterocycles. The lowest BCUT2D eigenvalue weighted by molar-refractivity contribution is 0.518. The van der Waals surface area contributed by atoms with Crippen LogP contribution in [0.2, 0.25) is 5.02 Å². The number of hydrogen-bond donors (Lipinski definition) is 1. The third kappa shape index (κ3) is 3.44. The van der Waals surface area contributed by atoms with Crippen LogP contribution in [0.5, 0.6) is 0 Å². The van der Waals surface area contributed by atoms with Crippen LogP contribution in [0.15, 0.2) is 24.4 Å². The van der Waals surface area contributed by atoms with Crippen LogP contribution in [0.3, 0.4) is 0 Å². The van der Waals surface area contributed by atoms with E-state index >= 15 is 0 Å². The average Bonchev–Trinajstić information content (AvgIpc) is 2.79. The Morgan fingerprint density at radius 2 is 2.14 bits per heavy atom. The van der Waals surface area contributed by atoms with Crippen molar-refractivity contribution in [1.82, 2.24) is 15.1 Å². The number of rotatable bonds is 6. The van der Waals surface area contributed by atoms with Gasteiger partial charge in [0.05, 0.1) is 23.0 Å². The van der Waals surface area contributed by atoms with Gasteiger partial charge in [0.1, 0.15) is 5.82 Å². The molecule has 5 heteroatoms. The fourth-order valence-electron chi connectivity index (χ4n) is 2.57. The van der Waals surface area contributed by atoms with Gasteiger partial charge in [0.15, 0.2) is 0 Å². The minimum atomic E-state index is -0.223. The highest BCUT2D eigenvalue weighted by Crippen LogP contribution is 2.30. The Kier molecular flexibility index (Phi) is 5.37. The third-order valence-electron chi connectivity index (χ3n) is 3.49. The smallest absolute Gasteiger partial charge is 0.123 e. The molecule has 1 aromatic carbocycles. The Bertz CT molecular complexity index is 610. The summed E-state index contributed by atoms with van der Waals surface area (Å²) < 4.78 is 15.3. The fourth-order valence-corrected chi connectivity index (χ4v) is 2.82. The van der Waals surface area contributed by atoms with Crippen molar-refractivity contribution >= 4 is 11.6 Å². The molecule has 1 atom stereocenters. The van der Waals surface area contributed by atoms with Crippen LogP contribution in [0.1, 0.15) is 43.1 Å².